The lowest BCUT2D eigenvalue weighted by Crippen LogP contribution is -2.13. The molecule has 0 aliphatic heterocycles. The van der Waals surface area contributed by atoms with Crippen molar-refractivity contribution in [2.24, 2.45) is 11.7 Å². The van der Waals surface area contributed by atoms with Crippen molar-refractivity contribution in [3.8, 4) is 0 Å². The van der Waals surface area contributed by atoms with Gasteiger partial charge < -0.3 is 5.73 Å². The first kappa shape index (κ1) is 6.66. The Morgan fingerprint density at radius 1 is 1.22 bits per heavy atom. The lowest BCUT2D eigenvalue weighted by Gasteiger charge is -2.20. The number of allylic oxidation sites excluding steroid dienone is 1. The average molecular weight is 125 g/mol. The van der Waals surface area contributed by atoms with E-state index in [1.807, 2.05) is 0 Å². The molecule has 0 aromatic heterocycles. The van der Waals surface area contributed by atoms with Gasteiger partial charge >= 0.3 is 0 Å². The average Bonchev–Trinajstić information content (AvgIpc) is 1.90. The van der Waals surface area contributed by atoms with Gasteiger partial charge in [0.2, 0.25) is 0 Å². The standard InChI is InChI=1S/C8H15N/c1-7(9)8-5-3-2-4-6-8/h8H,1-6,9H2. The third kappa shape index (κ3) is 1.74. The van der Waals surface area contributed by atoms with Gasteiger partial charge in [-0.2, -0.15) is 0 Å². The van der Waals surface area contributed by atoms with Crippen molar-refractivity contribution in [3.05, 3.63) is 12.3 Å². The number of hydrogen-bond acceptors (Lipinski definition) is 1. The first-order chi connectivity index (χ1) is 4.30. The van der Waals surface area contributed by atoms with Gasteiger partial charge in [-0.3, -0.25) is 0 Å². The van der Waals surface area contributed by atoms with Gasteiger partial charge in [-0.15, -0.1) is 0 Å². The normalized spacial score (nSPS) is 21.8. The van der Waals surface area contributed by atoms with Crippen molar-refractivity contribution >= 4 is 0 Å². The molecule has 0 unspecified atom stereocenters. The molecule has 0 radical (unpaired) electrons. The summed E-state index contributed by atoms with van der Waals surface area (Å²) in [6.45, 7) is 3.76. The molecule has 1 aliphatic carbocycles. The Kier molecular flexibility index (Phi) is 2.15. The lowest BCUT2D eigenvalue weighted by atomic mass is 9.88. The predicted octanol–water partition coefficient (Wildman–Crippen LogP) is 2.04. The van der Waals surface area contributed by atoms with Crippen LogP contribution in [0.5, 0.6) is 0 Å². The quantitative estimate of drug-likeness (QED) is 0.570. The summed E-state index contributed by atoms with van der Waals surface area (Å²) in [4.78, 5) is 0. The smallest absolute Gasteiger partial charge is 0.00390 e. The van der Waals surface area contributed by atoms with Gasteiger partial charge in [0, 0.05) is 5.70 Å². The molecule has 1 saturated carbocycles. The van der Waals surface area contributed by atoms with Crippen LogP contribution < -0.4 is 5.73 Å². The Morgan fingerprint density at radius 2 is 1.78 bits per heavy atom. The zero-order valence-electron chi connectivity index (χ0n) is 5.90. The second-order valence-corrected chi connectivity index (χ2v) is 2.91. The molecule has 1 rings (SSSR count). The molecule has 0 heterocycles. The molecule has 0 spiro atoms. The van der Waals surface area contributed by atoms with E-state index in [1.165, 1.54) is 32.1 Å². The van der Waals surface area contributed by atoms with Crippen LogP contribution in [0.3, 0.4) is 0 Å². The van der Waals surface area contributed by atoms with Crippen molar-refractivity contribution in [1.82, 2.24) is 0 Å². The minimum absolute atomic E-state index is 0.638. The van der Waals surface area contributed by atoms with E-state index in [0.29, 0.717) is 5.92 Å². The summed E-state index contributed by atoms with van der Waals surface area (Å²) < 4.78 is 0. The molecule has 0 saturated heterocycles. The predicted molar refractivity (Wildman–Crippen MR) is 39.9 cm³/mol. The van der Waals surface area contributed by atoms with Gasteiger partial charge in [0.1, 0.15) is 0 Å². The van der Waals surface area contributed by atoms with Crippen LogP contribution in [0.15, 0.2) is 12.3 Å². The highest BCUT2D eigenvalue weighted by Gasteiger charge is 2.13. The Morgan fingerprint density at radius 3 is 2.11 bits per heavy atom. The van der Waals surface area contributed by atoms with Crippen molar-refractivity contribution < 1.29 is 0 Å². The highest BCUT2D eigenvalue weighted by molar-refractivity contribution is 4.95. The van der Waals surface area contributed by atoms with E-state index in [4.69, 9.17) is 5.73 Å². The van der Waals surface area contributed by atoms with E-state index < -0.39 is 0 Å². The van der Waals surface area contributed by atoms with Crippen LogP contribution in [-0.2, 0) is 0 Å². The summed E-state index contributed by atoms with van der Waals surface area (Å²) >= 11 is 0. The SMILES string of the molecule is C=C(N)C1CCCCC1. The topological polar surface area (TPSA) is 26.0 Å². The molecule has 0 aromatic rings. The molecular weight excluding hydrogens is 110 g/mol. The van der Waals surface area contributed by atoms with E-state index in [-0.39, 0.29) is 0 Å². The first-order valence-electron chi connectivity index (χ1n) is 3.75. The highest BCUT2D eigenvalue weighted by atomic mass is 14.6. The Labute approximate surface area is 56.9 Å². The summed E-state index contributed by atoms with van der Waals surface area (Å²) in [5.41, 5.74) is 6.47. The summed E-state index contributed by atoms with van der Waals surface area (Å²) in [6, 6.07) is 0. The van der Waals surface area contributed by atoms with Gasteiger partial charge in [0.25, 0.3) is 0 Å². The van der Waals surface area contributed by atoms with Gasteiger partial charge in [-0.05, 0) is 18.8 Å². The van der Waals surface area contributed by atoms with Crippen LogP contribution >= 0.6 is 0 Å². The van der Waals surface area contributed by atoms with E-state index in [1.54, 1.807) is 0 Å². The second kappa shape index (κ2) is 2.90. The molecule has 0 bridgehead atoms. The first-order valence-corrected chi connectivity index (χ1v) is 3.75. The summed E-state index contributed by atoms with van der Waals surface area (Å²) in [5.74, 6) is 0.638. The minimum atomic E-state index is 0.638. The molecule has 2 N–H and O–H groups in total. The second-order valence-electron chi connectivity index (χ2n) is 2.91. The Hall–Kier alpha value is -0.460. The zero-order chi connectivity index (χ0) is 6.69. The van der Waals surface area contributed by atoms with Crippen molar-refractivity contribution in [2.45, 2.75) is 32.1 Å². The van der Waals surface area contributed by atoms with Crippen LogP contribution in [0, 0.1) is 5.92 Å². The fraction of sp³-hybridized carbons (Fsp3) is 0.750. The molecule has 9 heavy (non-hydrogen) atoms. The summed E-state index contributed by atoms with van der Waals surface area (Å²) in [5, 5.41) is 0. The van der Waals surface area contributed by atoms with Crippen LogP contribution in [-0.4, -0.2) is 0 Å². The third-order valence-corrected chi connectivity index (χ3v) is 2.13. The van der Waals surface area contributed by atoms with E-state index >= 15 is 0 Å². The van der Waals surface area contributed by atoms with Gasteiger partial charge in [0.15, 0.2) is 0 Å². The summed E-state index contributed by atoms with van der Waals surface area (Å²) in [6.07, 6.45) is 6.64. The van der Waals surface area contributed by atoms with Gasteiger partial charge in [0.05, 0.1) is 0 Å². The van der Waals surface area contributed by atoms with Crippen LogP contribution in [0.4, 0.5) is 0 Å². The summed E-state index contributed by atoms with van der Waals surface area (Å²) in [7, 11) is 0. The Balaban J connectivity index is 2.31. The van der Waals surface area contributed by atoms with Crippen molar-refractivity contribution in [3.63, 3.8) is 0 Å². The van der Waals surface area contributed by atoms with Crippen molar-refractivity contribution in [1.29, 1.82) is 0 Å². The Bertz CT molecular complexity index is 101. The van der Waals surface area contributed by atoms with Crippen LogP contribution in [0.25, 0.3) is 0 Å². The molecule has 52 valence electrons. The molecule has 0 atom stereocenters. The highest BCUT2D eigenvalue weighted by Crippen LogP contribution is 2.26. The molecule has 1 fully saturated rings. The zero-order valence-corrected chi connectivity index (χ0v) is 5.90. The fourth-order valence-corrected chi connectivity index (χ4v) is 1.47. The molecule has 1 aliphatic rings. The maximum absolute atomic E-state index is 5.57. The molecule has 1 nitrogen and oxygen atoms in total. The minimum Gasteiger partial charge on any atom is -0.402 e. The maximum Gasteiger partial charge on any atom is 0.00390 e. The van der Waals surface area contributed by atoms with E-state index in [0.717, 1.165) is 5.70 Å². The lowest BCUT2D eigenvalue weighted by molar-refractivity contribution is 0.401. The van der Waals surface area contributed by atoms with Crippen LogP contribution in [0.2, 0.25) is 0 Å². The number of rotatable bonds is 1. The molecule has 0 aromatic carbocycles. The molecular formula is C8H15N. The van der Waals surface area contributed by atoms with E-state index in [2.05, 4.69) is 6.58 Å². The third-order valence-electron chi connectivity index (χ3n) is 2.13. The number of hydrogen-bond donors (Lipinski definition) is 1. The van der Waals surface area contributed by atoms with E-state index in [9.17, 15) is 0 Å². The van der Waals surface area contributed by atoms with Gasteiger partial charge in [-0.1, -0.05) is 25.8 Å². The maximum atomic E-state index is 5.57. The van der Waals surface area contributed by atoms with Crippen molar-refractivity contribution in [2.75, 3.05) is 0 Å². The number of nitrogens with two attached hydrogens (primary N) is 1. The fourth-order valence-electron chi connectivity index (χ4n) is 1.47. The molecule has 0 amide bonds. The molecule has 1 heteroatoms. The van der Waals surface area contributed by atoms with Gasteiger partial charge in [-0.25, -0.2) is 0 Å². The largest absolute Gasteiger partial charge is 0.402 e. The monoisotopic (exact) mass is 125 g/mol. The van der Waals surface area contributed by atoms with Crippen LogP contribution in [0.1, 0.15) is 32.1 Å².